The van der Waals surface area contributed by atoms with Gasteiger partial charge in [0.1, 0.15) is 0 Å². The summed E-state index contributed by atoms with van der Waals surface area (Å²) in [5.41, 5.74) is -0.846. The largest absolute Gasteiger partial charge is 0.481 e. The van der Waals surface area contributed by atoms with Crippen LogP contribution in [0.3, 0.4) is 0 Å². The molecule has 2 aliphatic rings. The van der Waals surface area contributed by atoms with Gasteiger partial charge in [0, 0.05) is 6.42 Å². The van der Waals surface area contributed by atoms with Crippen molar-refractivity contribution in [3.8, 4) is 0 Å². The predicted molar refractivity (Wildman–Crippen MR) is 51.3 cm³/mol. The highest BCUT2D eigenvalue weighted by Gasteiger charge is 2.55. The van der Waals surface area contributed by atoms with Gasteiger partial charge in [-0.3, -0.25) is 14.4 Å². The molecule has 4 nitrogen and oxygen atoms in total. The molecule has 0 aromatic rings. The zero-order chi connectivity index (χ0) is 11.1. The van der Waals surface area contributed by atoms with E-state index in [0.717, 1.165) is 12.8 Å². The fraction of sp³-hybridized carbons (Fsp3) is 0.727. The Bertz CT molecular complexity index is 333. The molecule has 1 spiro atoms. The summed E-state index contributed by atoms with van der Waals surface area (Å²) in [5, 5.41) is 9.10. The molecule has 0 saturated heterocycles. The third kappa shape index (κ3) is 1.39. The first-order valence-electron chi connectivity index (χ1n) is 5.38. The van der Waals surface area contributed by atoms with Crippen molar-refractivity contribution in [2.75, 3.05) is 0 Å². The lowest BCUT2D eigenvalue weighted by Crippen LogP contribution is -2.43. The fourth-order valence-corrected chi connectivity index (χ4v) is 3.01. The Balaban J connectivity index is 2.34. The molecule has 0 aromatic heterocycles. The van der Waals surface area contributed by atoms with E-state index in [0.29, 0.717) is 19.3 Å². The van der Waals surface area contributed by atoms with Gasteiger partial charge in [-0.15, -0.1) is 0 Å². The van der Waals surface area contributed by atoms with Crippen molar-refractivity contribution < 1.29 is 19.5 Å². The highest BCUT2D eigenvalue weighted by Crippen LogP contribution is 2.49. The molecule has 0 amide bonds. The van der Waals surface area contributed by atoms with Crippen LogP contribution in [0.4, 0.5) is 0 Å². The lowest BCUT2D eigenvalue weighted by Gasteiger charge is -2.36. The molecule has 2 fully saturated rings. The highest BCUT2D eigenvalue weighted by atomic mass is 16.4. The van der Waals surface area contributed by atoms with E-state index in [4.69, 9.17) is 5.11 Å². The van der Waals surface area contributed by atoms with Crippen molar-refractivity contribution in [3.05, 3.63) is 0 Å². The predicted octanol–water partition coefficient (Wildman–Crippen LogP) is 1.18. The topological polar surface area (TPSA) is 71.4 Å². The SMILES string of the molecule is O=C1CCC2(CCCCC2C(=O)O)C1=O. The van der Waals surface area contributed by atoms with Gasteiger partial charge < -0.3 is 5.11 Å². The lowest BCUT2D eigenvalue weighted by molar-refractivity contribution is -0.154. The van der Waals surface area contributed by atoms with Crippen LogP contribution in [-0.2, 0) is 14.4 Å². The molecule has 2 saturated carbocycles. The molecular weight excluding hydrogens is 196 g/mol. The zero-order valence-electron chi connectivity index (χ0n) is 8.49. The van der Waals surface area contributed by atoms with E-state index in [1.54, 1.807) is 0 Å². The molecule has 2 atom stereocenters. The number of Topliss-reactive ketones (excluding diaryl/α,β-unsaturated/α-hetero) is 2. The Hall–Kier alpha value is -1.19. The molecule has 0 radical (unpaired) electrons. The maximum Gasteiger partial charge on any atom is 0.307 e. The minimum absolute atomic E-state index is 0.239. The standard InChI is InChI=1S/C11H14O4/c12-8-4-6-11(9(8)13)5-2-1-3-7(11)10(14)15/h7H,1-6H2,(H,14,15). The second kappa shape index (κ2) is 3.43. The van der Waals surface area contributed by atoms with Crippen LogP contribution < -0.4 is 0 Å². The van der Waals surface area contributed by atoms with Crippen LogP contribution in [0.2, 0.25) is 0 Å². The van der Waals surface area contributed by atoms with Crippen LogP contribution >= 0.6 is 0 Å². The molecule has 2 aliphatic carbocycles. The number of carbonyl (C=O) groups is 3. The van der Waals surface area contributed by atoms with E-state index in [-0.39, 0.29) is 12.2 Å². The maximum absolute atomic E-state index is 11.8. The summed E-state index contributed by atoms with van der Waals surface area (Å²) in [6.45, 7) is 0. The average Bonchev–Trinajstić information content (AvgIpc) is 2.48. The number of rotatable bonds is 1. The van der Waals surface area contributed by atoms with Gasteiger partial charge in [0.25, 0.3) is 0 Å². The number of carboxylic acids is 1. The van der Waals surface area contributed by atoms with Crippen LogP contribution in [0.5, 0.6) is 0 Å². The summed E-state index contributed by atoms with van der Waals surface area (Å²) >= 11 is 0. The molecule has 82 valence electrons. The monoisotopic (exact) mass is 210 g/mol. The summed E-state index contributed by atoms with van der Waals surface area (Å²) in [5.74, 6) is -2.35. The average molecular weight is 210 g/mol. The number of ketones is 2. The lowest BCUT2D eigenvalue weighted by atomic mass is 9.64. The Labute approximate surface area is 87.7 Å². The van der Waals surface area contributed by atoms with Crippen molar-refractivity contribution in [3.63, 3.8) is 0 Å². The van der Waals surface area contributed by atoms with Crippen molar-refractivity contribution in [2.24, 2.45) is 11.3 Å². The van der Waals surface area contributed by atoms with Crippen LogP contribution in [0.15, 0.2) is 0 Å². The molecule has 2 rings (SSSR count). The third-order valence-electron chi connectivity index (χ3n) is 3.83. The Morgan fingerprint density at radius 1 is 1.27 bits per heavy atom. The van der Waals surface area contributed by atoms with E-state index >= 15 is 0 Å². The van der Waals surface area contributed by atoms with Crippen LogP contribution in [0.1, 0.15) is 38.5 Å². The van der Waals surface area contributed by atoms with E-state index in [2.05, 4.69) is 0 Å². The summed E-state index contributed by atoms with van der Waals surface area (Å²) < 4.78 is 0. The van der Waals surface area contributed by atoms with Crippen molar-refractivity contribution in [1.82, 2.24) is 0 Å². The van der Waals surface area contributed by atoms with Gasteiger partial charge in [-0.05, 0) is 19.3 Å². The van der Waals surface area contributed by atoms with Crippen molar-refractivity contribution >= 4 is 17.5 Å². The van der Waals surface area contributed by atoms with E-state index in [9.17, 15) is 14.4 Å². The summed E-state index contributed by atoms with van der Waals surface area (Å²) in [7, 11) is 0. The summed E-state index contributed by atoms with van der Waals surface area (Å²) in [6, 6.07) is 0. The van der Waals surface area contributed by atoms with Gasteiger partial charge >= 0.3 is 5.97 Å². The molecule has 0 aromatic carbocycles. The van der Waals surface area contributed by atoms with Gasteiger partial charge in [0.05, 0.1) is 11.3 Å². The first-order valence-corrected chi connectivity index (χ1v) is 5.38. The maximum atomic E-state index is 11.8. The van der Waals surface area contributed by atoms with Crippen LogP contribution in [0.25, 0.3) is 0 Å². The highest BCUT2D eigenvalue weighted by molar-refractivity contribution is 6.41. The van der Waals surface area contributed by atoms with Gasteiger partial charge in [0.2, 0.25) is 5.78 Å². The third-order valence-corrected chi connectivity index (χ3v) is 3.83. The summed E-state index contributed by atoms with van der Waals surface area (Å²) in [4.78, 5) is 34.2. The Morgan fingerprint density at radius 3 is 2.53 bits per heavy atom. The van der Waals surface area contributed by atoms with E-state index in [1.807, 2.05) is 0 Å². The van der Waals surface area contributed by atoms with Gasteiger partial charge in [-0.25, -0.2) is 0 Å². The molecule has 4 heteroatoms. The second-order valence-electron chi connectivity index (χ2n) is 4.55. The van der Waals surface area contributed by atoms with Gasteiger partial charge in [-0.1, -0.05) is 12.8 Å². The van der Waals surface area contributed by atoms with Crippen LogP contribution in [0, 0.1) is 11.3 Å². The minimum atomic E-state index is -0.919. The van der Waals surface area contributed by atoms with E-state index < -0.39 is 23.1 Å². The first kappa shape index (κ1) is 10.3. The minimum Gasteiger partial charge on any atom is -0.481 e. The normalized spacial score (nSPS) is 36.1. The zero-order valence-corrected chi connectivity index (χ0v) is 8.49. The first-order chi connectivity index (χ1) is 7.08. The summed E-state index contributed by atoms with van der Waals surface area (Å²) in [6.07, 6.45) is 3.51. The molecule has 0 aliphatic heterocycles. The van der Waals surface area contributed by atoms with Crippen molar-refractivity contribution in [1.29, 1.82) is 0 Å². The quantitative estimate of drug-likeness (QED) is 0.659. The second-order valence-corrected chi connectivity index (χ2v) is 4.55. The van der Waals surface area contributed by atoms with E-state index in [1.165, 1.54) is 0 Å². The number of carbonyl (C=O) groups excluding carboxylic acids is 2. The molecule has 2 unspecified atom stereocenters. The molecule has 15 heavy (non-hydrogen) atoms. The molecule has 0 bridgehead atoms. The number of hydrogen-bond donors (Lipinski definition) is 1. The number of hydrogen-bond acceptors (Lipinski definition) is 3. The van der Waals surface area contributed by atoms with Crippen molar-refractivity contribution in [2.45, 2.75) is 38.5 Å². The molecular formula is C11H14O4. The Kier molecular flexibility index (Phi) is 2.37. The molecule has 1 N–H and O–H groups in total. The van der Waals surface area contributed by atoms with Gasteiger partial charge in [0.15, 0.2) is 5.78 Å². The Morgan fingerprint density at radius 2 is 2.00 bits per heavy atom. The number of aliphatic carboxylic acids is 1. The smallest absolute Gasteiger partial charge is 0.307 e. The number of carboxylic acid groups (broad SMARTS) is 1. The van der Waals surface area contributed by atoms with Gasteiger partial charge in [-0.2, -0.15) is 0 Å². The molecule has 0 heterocycles. The fourth-order valence-electron chi connectivity index (χ4n) is 3.01. The van der Waals surface area contributed by atoms with Crippen LogP contribution in [-0.4, -0.2) is 22.6 Å².